The van der Waals surface area contributed by atoms with Gasteiger partial charge in [-0.2, -0.15) is 0 Å². The minimum Gasteiger partial charge on any atom is -0.354 e. The summed E-state index contributed by atoms with van der Waals surface area (Å²) < 4.78 is 0. The molecule has 0 saturated heterocycles. The Morgan fingerprint density at radius 3 is 2.63 bits per heavy atom. The first-order valence-corrected chi connectivity index (χ1v) is 7.40. The highest BCUT2D eigenvalue weighted by atomic mass is 16.2. The third-order valence-electron chi connectivity index (χ3n) is 3.71. The minimum absolute atomic E-state index is 0.0754. The zero-order valence-electron chi connectivity index (χ0n) is 12.1. The summed E-state index contributed by atoms with van der Waals surface area (Å²) in [5, 5.41) is 5.56. The van der Waals surface area contributed by atoms with Gasteiger partial charge in [0.15, 0.2) is 0 Å². The highest BCUT2D eigenvalue weighted by Crippen LogP contribution is 2.22. The maximum Gasteiger partial charge on any atom is 0.242 e. The van der Waals surface area contributed by atoms with Gasteiger partial charge in [-0.05, 0) is 26.2 Å². The van der Waals surface area contributed by atoms with Gasteiger partial charge >= 0.3 is 0 Å². The van der Waals surface area contributed by atoms with E-state index in [1.807, 2.05) is 6.92 Å². The first-order valence-electron chi connectivity index (χ1n) is 7.40. The summed E-state index contributed by atoms with van der Waals surface area (Å²) >= 11 is 0. The normalized spacial score (nSPS) is 25.2. The van der Waals surface area contributed by atoms with E-state index in [-0.39, 0.29) is 23.8 Å². The lowest BCUT2D eigenvalue weighted by Gasteiger charge is -2.22. The molecule has 0 radical (unpaired) electrons. The fourth-order valence-electron chi connectivity index (χ4n) is 2.45. The van der Waals surface area contributed by atoms with Crippen LogP contribution in [-0.2, 0) is 9.59 Å². The van der Waals surface area contributed by atoms with E-state index in [4.69, 9.17) is 5.73 Å². The van der Waals surface area contributed by atoms with E-state index in [9.17, 15) is 9.59 Å². The molecule has 1 fully saturated rings. The second-order valence-electron chi connectivity index (χ2n) is 5.43. The predicted octanol–water partition coefficient (Wildman–Crippen LogP) is 0.925. The summed E-state index contributed by atoms with van der Waals surface area (Å²) in [6, 6.07) is -0.567. The van der Waals surface area contributed by atoms with Crippen LogP contribution in [0.5, 0.6) is 0 Å². The van der Waals surface area contributed by atoms with Gasteiger partial charge < -0.3 is 16.4 Å². The summed E-state index contributed by atoms with van der Waals surface area (Å²) in [5.74, 6) is -0.352. The molecule has 0 aromatic carbocycles. The first kappa shape index (κ1) is 16.0. The van der Waals surface area contributed by atoms with Crippen LogP contribution in [0.4, 0.5) is 0 Å². The Morgan fingerprint density at radius 2 is 1.95 bits per heavy atom. The molecule has 4 N–H and O–H groups in total. The van der Waals surface area contributed by atoms with Crippen LogP contribution in [0.3, 0.4) is 0 Å². The third kappa shape index (κ3) is 5.19. The Morgan fingerprint density at radius 1 is 1.26 bits per heavy atom. The summed E-state index contributed by atoms with van der Waals surface area (Å²) in [6.07, 6.45) is 5.90. The van der Waals surface area contributed by atoms with Crippen molar-refractivity contribution in [3.63, 3.8) is 0 Å². The van der Waals surface area contributed by atoms with Crippen LogP contribution >= 0.6 is 0 Å². The van der Waals surface area contributed by atoms with Crippen molar-refractivity contribution in [2.45, 2.75) is 64.5 Å². The molecule has 19 heavy (non-hydrogen) atoms. The molecule has 0 aromatic heterocycles. The van der Waals surface area contributed by atoms with E-state index < -0.39 is 6.04 Å². The Bertz CT molecular complexity index is 307. The molecule has 0 aliphatic heterocycles. The Kier molecular flexibility index (Phi) is 6.84. The van der Waals surface area contributed by atoms with Crippen LogP contribution in [0.1, 0.15) is 52.4 Å². The molecule has 110 valence electrons. The topological polar surface area (TPSA) is 84.2 Å². The SMILES string of the molecule is CCCNC(=O)C(C)NC(=O)C1CCCCCC1N. The van der Waals surface area contributed by atoms with Crippen molar-refractivity contribution in [2.75, 3.05) is 6.54 Å². The van der Waals surface area contributed by atoms with Crippen LogP contribution in [0.25, 0.3) is 0 Å². The van der Waals surface area contributed by atoms with Crippen molar-refractivity contribution >= 4 is 11.8 Å². The zero-order chi connectivity index (χ0) is 14.3. The van der Waals surface area contributed by atoms with Crippen LogP contribution in [0.15, 0.2) is 0 Å². The largest absolute Gasteiger partial charge is 0.354 e. The molecule has 1 saturated carbocycles. The average molecular weight is 269 g/mol. The summed E-state index contributed by atoms with van der Waals surface area (Å²) in [5.41, 5.74) is 6.05. The van der Waals surface area contributed by atoms with E-state index in [0.717, 1.165) is 38.5 Å². The van der Waals surface area contributed by atoms with Gasteiger partial charge in [-0.25, -0.2) is 0 Å². The van der Waals surface area contributed by atoms with Gasteiger partial charge in [-0.1, -0.05) is 26.2 Å². The lowest BCUT2D eigenvalue weighted by atomic mass is 9.94. The number of rotatable bonds is 5. The number of carbonyl (C=O) groups is 2. The fraction of sp³-hybridized carbons (Fsp3) is 0.857. The third-order valence-corrected chi connectivity index (χ3v) is 3.71. The molecule has 2 amide bonds. The Balaban J connectivity index is 2.45. The molecule has 0 aromatic rings. The molecule has 0 heterocycles. The summed E-state index contributed by atoms with van der Waals surface area (Å²) in [4.78, 5) is 23.9. The number of hydrogen-bond acceptors (Lipinski definition) is 3. The number of nitrogens with two attached hydrogens (primary N) is 1. The number of carbonyl (C=O) groups excluding carboxylic acids is 2. The molecule has 3 unspecified atom stereocenters. The van der Waals surface area contributed by atoms with Crippen molar-refractivity contribution in [3.8, 4) is 0 Å². The summed E-state index contributed by atoms with van der Waals surface area (Å²) in [6.45, 7) is 4.35. The van der Waals surface area contributed by atoms with E-state index in [0.29, 0.717) is 6.54 Å². The molecule has 0 spiro atoms. The van der Waals surface area contributed by atoms with Crippen molar-refractivity contribution < 1.29 is 9.59 Å². The molecule has 5 heteroatoms. The fourth-order valence-corrected chi connectivity index (χ4v) is 2.45. The molecule has 1 aliphatic rings. The van der Waals surface area contributed by atoms with Crippen LogP contribution < -0.4 is 16.4 Å². The molecular weight excluding hydrogens is 242 g/mol. The zero-order valence-corrected chi connectivity index (χ0v) is 12.1. The highest BCUT2D eigenvalue weighted by Gasteiger charge is 2.28. The van der Waals surface area contributed by atoms with E-state index in [1.165, 1.54) is 0 Å². The van der Waals surface area contributed by atoms with Crippen LogP contribution in [0, 0.1) is 5.92 Å². The van der Waals surface area contributed by atoms with Gasteiger partial charge in [-0.3, -0.25) is 9.59 Å². The van der Waals surface area contributed by atoms with Gasteiger partial charge in [-0.15, -0.1) is 0 Å². The molecule has 5 nitrogen and oxygen atoms in total. The summed E-state index contributed by atoms with van der Waals surface area (Å²) in [7, 11) is 0. The lowest BCUT2D eigenvalue weighted by Crippen LogP contribution is -2.49. The minimum atomic E-state index is -0.491. The second kappa shape index (κ2) is 8.15. The monoisotopic (exact) mass is 269 g/mol. The van der Waals surface area contributed by atoms with Gasteiger partial charge in [0.25, 0.3) is 0 Å². The van der Waals surface area contributed by atoms with Crippen molar-refractivity contribution in [3.05, 3.63) is 0 Å². The maximum atomic E-state index is 12.2. The Hall–Kier alpha value is -1.10. The number of hydrogen-bond donors (Lipinski definition) is 3. The van der Waals surface area contributed by atoms with Gasteiger partial charge in [0.1, 0.15) is 6.04 Å². The molecule has 1 rings (SSSR count). The number of nitrogens with one attached hydrogen (secondary N) is 2. The van der Waals surface area contributed by atoms with Gasteiger partial charge in [0.05, 0.1) is 5.92 Å². The van der Waals surface area contributed by atoms with E-state index >= 15 is 0 Å². The first-order chi connectivity index (χ1) is 9.06. The van der Waals surface area contributed by atoms with Crippen LogP contribution in [0.2, 0.25) is 0 Å². The van der Waals surface area contributed by atoms with Crippen LogP contribution in [-0.4, -0.2) is 30.4 Å². The quantitative estimate of drug-likeness (QED) is 0.649. The van der Waals surface area contributed by atoms with Gasteiger partial charge in [0.2, 0.25) is 11.8 Å². The van der Waals surface area contributed by atoms with E-state index in [2.05, 4.69) is 10.6 Å². The molecule has 0 bridgehead atoms. The molecular formula is C14H27N3O2. The smallest absolute Gasteiger partial charge is 0.242 e. The van der Waals surface area contributed by atoms with Crippen molar-refractivity contribution in [1.82, 2.24) is 10.6 Å². The lowest BCUT2D eigenvalue weighted by molar-refractivity contribution is -0.131. The standard InChI is InChI=1S/C14H27N3O2/c1-3-9-16-13(18)10(2)17-14(19)11-7-5-4-6-8-12(11)15/h10-12H,3-9,15H2,1-2H3,(H,16,18)(H,17,19). The van der Waals surface area contributed by atoms with Gasteiger partial charge in [0, 0.05) is 12.6 Å². The molecule has 3 atom stereocenters. The molecule has 1 aliphatic carbocycles. The van der Waals surface area contributed by atoms with Crippen molar-refractivity contribution in [1.29, 1.82) is 0 Å². The maximum absolute atomic E-state index is 12.2. The highest BCUT2D eigenvalue weighted by molar-refractivity contribution is 5.88. The predicted molar refractivity (Wildman–Crippen MR) is 75.5 cm³/mol. The second-order valence-corrected chi connectivity index (χ2v) is 5.43. The Labute approximate surface area is 115 Å². The average Bonchev–Trinajstić information content (AvgIpc) is 2.60. The van der Waals surface area contributed by atoms with Crippen molar-refractivity contribution in [2.24, 2.45) is 11.7 Å². The van der Waals surface area contributed by atoms with E-state index in [1.54, 1.807) is 6.92 Å². The number of amides is 2.